The number of benzene rings is 3. The normalized spacial score (nSPS) is 18.1. The second-order valence-corrected chi connectivity index (χ2v) is 34.2. The standard InChI is InChI=1S/C72H105F4NO8S3/c1-19-66(7,8)81-40-37-71(16,21-3)87-42-26-44-88(43-25-41-86-50-70(15,20-2)49-80-18)58-28-24-23-27-54(58)55-34-31-52(45-59(55)88)72(17,22-4)51-29-32-53(33-30-51)85-67(9,10)36-39-83-68(11,12)47-60(78)77-65(5,6)35-38-82-69(13,14)48-61(79)84-64-62(75)56(73)46-57(74)63(64)76/h27-34,45-46H,19-22,25-26,35-44,47-50H2,1-18H3,(H,77,78). The highest BCUT2D eigenvalue weighted by Crippen LogP contribution is 2.71. The molecule has 1 amide bonds. The van der Waals surface area contributed by atoms with Gasteiger partial charge < -0.3 is 33.7 Å². The lowest BCUT2D eigenvalue weighted by Crippen LogP contribution is -2.47. The number of nitrogens with one attached hydrogen (secondary N) is 1. The van der Waals surface area contributed by atoms with Gasteiger partial charge in [-0.1, -0.05) is 84.2 Å². The number of thioether (sulfide) groups is 2. The second kappa shape index (κ2) is 31.6. The van der Waals surface area contributed by atoms with Crippen LogP contribution in [0.15, 0.2) is 81.9 Å². The van der Waals surface area contributed by atoms with E-state index in [-0.39, 0.29) is 46.2 Å². The number of halogens is 4. The van der Waals surface area contributed by atoms with Crippen molar-refractivity contribution in [2.75, 3.05) is 62.3 Å². The molecule has 1 N–H and O–H groups in total. The SMILES string of the molecule is CCC(C)(COC)CSCCCS1(CCCSC(C)(CC)CCOC(C)(C)CC)C2=C(C=C=C=C2)c2ccc(C(C)(CC)c3ccc(OC(C)(C)CCOC(C)(C)CC(=O)NC(C)(C)CCOC(C)(C)CC(=O)Oc4c(F)c(F)cc(F)c4F)cc3)cc21. The fourth-order valence-corrected chi connectivity index (χ4v) is 18.3. The van der Waals surface area contributed by atoms with Gasteiger partial charge in [-0.25, -0.2) is 8.78 Å². The molecule has 0 saturated heterocycles. The van der Waals surface area contributed by atoms with Crippen molar-refractivity contribution in [1.29, 1.82) is 0 Å². The van der Waals surface area contributed by atoms with Crippen molar-refractivity contribution in [3.05, 3.63) is 117 Å². The third-order valence-corrected chi connectivity index (χ3v) is 25.3. The molecule has 0 radical (unpaired) electrons. The average molecular weight is 1280 g/mol. The Labute approximate surface area is 536 Å². The molecule has 88 heavy (non-hydrogen) atoms. The Morgan fingerprint density at radius 3 is 1.81 bits per heavy atom. The third-order valence-electron chi connectivity index (χ3n) is 17.8. The van der Waals surface area contributed by atoms with Crippen LogP contribution in [-0.4, -0.2) is 107 Å². The van der Waals surface area contributed by atoms with E-state index in [1.54, 1.807) is 13.8 Å². The molecule has 5 rings (SSSR count). The first-order valence-corrected chi connectivity index (χ1v) is 35.8. The van der Waals surface area contributed by atoms with Gasteiger partial charge in [0.2, 0.25) is 23.3 Å². The van der Waals surface area contributed by atoms with Crippen molar-refractivity contribution in [2.24, 2.45) is 5.41 Å². The molecule has 492 valence electrons. The molecule has 3 aromatic carbocycles. The van der Waals surface area contributed by atoms with E-state index in [9.17, 15) is 27.2 Å². The molecule has 3 aromatic rings. The number of esters is 1. The molecule has 4 unspecified atom stereocenters. The van der Waals surface area contributed by atoms with Gasteiger partial charge in [0.05, 0.1) is 42.9 Å². The van der Waals surface area contributed by atoms with Crippen LogP contribution in [0.3, 0.4) is 0 Å². The molecular formula is C72H105F4NO8S3. The number of fused-ring (bicyclic) bond motifs is 2. The molecule has 4 atom stereocenters. The molecule has 0 bridgehead atoms. The Balaban J connectivity index is 1.22. The largest absolute Gasteiger partial charge is 0.488 e. The van der Waals surface area contributed by atoms with Gasteiger partial charge >= 0.3 is 5.97 Å². The zero-order valence-corrected chi connectivity index (χ0v) is 58.9. The van der Waals surface area contributed by atoms with Crippen LogP contribution >= 0.6 is 33.6 Å². The van der Waals surface area contributed by atoms with Gasteiger partial charge in [-0.2, -0.15) is 42.3 Å². The maximum Gasteiger partial charge on any atom is 0.314 e. The minimum absolute atomic E-state index is 0.0317. The Hall–Kier alpha value is -3.95. The third kappa shape index (κ3) is 20.8. The number of methoxy groups -OCH3 is 1. The Kier molecular flexibility index (Phi) is 26.8. The molecule has 0 saturated carbocycles. The second-order valence-electron chi connectivity index (χ2n) is 27.9. The Bertz CT molecular complexity index is 2960. The zero-order chi connectivity index (χ0) is 65.6. The van der Waals surface area contributed by atoms with E-state index in [1.807, 2.05) is 48.7 Å². The van der Waals surface area contributed by atoms with Crippen LogP contribution in [0.5, 0.6) is 11.5 Å². The zero-order valence-electron chi connectivity index (χ0n) is 56.4. The monoisotopic (exact) mass is 1280 g/mol. The predicted molar refractivity (Wildman–Crippen MR) is 359 cm³/mol. The summed E-state index contributed by atoms with van der Waals surface area (Å²) in [5.41, 5.74) is 8.49. The number of carbonyl (C=O) groups is 2. The minimum atomic E-state index is -1.81. The molecule has 9 nitrogen and oxygen atoms in total. The van der Waals surface area contributed by atoms with Crippen molar-refractivity contribution >= 4 is 51.0 Å². The van der Waals surface area contributed by atoms with Crippen LogP contribution in [-0.2, 0) is 34.0 Å². The summed E-state index contributed by atoms with van der Waals surface area (Å²) in [6.07, 6.45) is 12.4. The maximum atomic E-state index is 14.1. The number of carbonyl (C=O) groups excluding carboxylic acids is 2. The van der Waals surface area contributed by atoms with Gasteiger partial charge in [-0.3, -0.25) is 9.59 Å². The number of ether oxygens (including phenoxy) is 6. The van der Waals surface area contributed by atoms with Crippen LogP contribution in [0, 0.1) is 28.7 Å². The number of rotatable bonds is 39. The predicted octanol–water partition coefficient (Wildman–Crippen LogP) is 18.6. The van der Waals surface area contributed by atoms with Crippen molar-refractivity contribution in [1.82, 2.24) is 5.32 Å². The number of allylic oxidation sites excluding steroid dienone is 3. The summed E-state index contributed by atoms with van der Waals surface area (Å²) in [6, 6.07) is 16.0. The van der Waals surface area contributed by atoms with Crippen LogP contribution in [0.1, 0.15) is 205 Å². The smallest absolute Gasteiger partial charge is 0.314 e. The van der Waals surface area contributed by atoms with E-state index in [4.69, 9.17) is 23.7 Å². The van der Waals surface area contributed by atoms with Crippen LogP contribution in [0.2, 0.25) is 0 Å². The quantitative estimate of drug-likeness (QED) is 0.0148. The molecule has 1 heterocycles. The highest BCUT2D eigenvalue weighted by Gasteiger charge is 2.42. The average Bonchev–Trinajstić information content (AvgIpc) is 1.60. The van der Waals surface area contributed by atoms with Gasteiger partial charge in [0, 0.05) is 75.7 Å². The number of hydrogen-bond donors (Lipinski definition) is 1. The summed E-state index contributed by atoms with van der Waals surface area (Å²) in [5, 5.41) is 3.05. The number of amides is 1. The molecule has 16 heteroatoms. The van der Waals surface area contributed by atoms with Crippen LogP contribution in [0.4, 0.5) is 17.6 Å². The summed E-state index contributed by atoms with van der Waals surface area (Å²) < 4.78 is 91.2. The Morgan fingerprint density at radius 1 is 0.625 bits per heavy atom. The summed E-state index contributed by atoms with van der Waals surface area (Å²) in [4.78, 5) is 28.9. The van der Waals surface area contributed by atoms with Crippen molar-refractivity contribution in [2.45, 2.75) is 231 Å². The van der Waals surface area contributed by atoms with Crippen molar-refractivity contribution in [3.8, 4) is 11.5 Å². The van der Waals surface area contributed by atoms with Gasteiger partial charge in [0.15, 0.2) is 11.6 Å². The highest BCUT2D eigenvalue weighted by atomic mass is 32.3. The molecule has 1 aliphatic carbocycles. The lowest BCUT2D eigenvalue weighted by Gasteiger charge is -2.41. The van der Waals surface area contributed by atoms with E-state index in [0.717, 1.165) is 92.7 Å². The lowest BCUT2D eigenvalue weighted by atomic mass is 9.74. The minimum Gasteiger partial charge on any atom is -0.488 e. The first-order valence-electron chi connectivity index (χ1n) is 31.7. The summed E-state index contributed by atoms with van der Waals surface area (Å²) in [6.45, 7) is 37.3. The van der Waals surface area contributed by atoms with Crippen molar-refractivity contribution < 1.29 is 55.6 Å². The summed E-state index contributed by atoms with van der Waals surface area (Å²) in [7, 11) is 0.368. The van der Waals surface area contributed by atoms with Gasteiger partial charge in [-0.05, 0) is 190 Å². The number of hydrogen-bond acceptors (Lipinski definition) is 10. The molecule has 0 spiro atoms. The van der Waals surface area contributed by atoms with E-state index in [1.165, 1.54) is 32.1 Å². The lowest BCUT2D eigenvalue weighted by molar-refractivity contribution is -0.141. The van der Waals surface area contributed by atoms with E-state index < -0.39 is 73.8 Å². The van der Waals surface area contributed by atoms with Gasteiger partial charge in [0.1, 0.15) is 11.4 Å². The summed E-state index contributed by atoms with van der Waals surface area (Å²) >= 11 is 4.21. The van der Waals surface area contributed by atoms with E-state index >= 15 is 0 Å². The van der Waals surface area contributed by atoms with Gasteiger partial charge in [-0.15, -0.1) is 0 Å². The first kappa shape index (κ1) is 74.8. The fraction of sp³-hybridized carbons (Fsp3) is 0.639. The summed E-state index contributed by atoms with van der Waals surface area (Å²) in [5.74, 6) is -3.49. The topological polar surface area (TPSA) is 102 Å². The van der Waals surface area contributed by atoms with Crippen molar-refractivity contribution in [3.63, 3.8) is 0 Å². The fourth-order valence-electron chi connectivity index (χ4n) is 11.0. The molecule has 2 aliphatic rings. The highest BCUT2D eigenvalue weighted by molar-refractivity contribution is 8.37. The Morgan fingerprint density at radius 2 is 1.20 bits per heavy atom. The van der Waals surface area contributed by atoms with Crippen LogP contribution in [0.25, 0.3) is 5.57 Å². The van der Waals surface area contributed by atoms with Crippen LogP contribution < -0.4 is 14.8 Å². The molecule has 0 fully saturated rings. The van der Waals surface area contributed by atoms with E-state index in [2.05, 4.69) is 162 Å². The van der Waals surface area contributed by atoms with E-state index in [0.29, 0.717) is 19.4 Å². The molecular weight excluding hydrogens is 1180 g/mol. The molecule has 0 aromatic heterocycles. The molecule has 1 aliphatic heterocycles. The van der Waals surface area contributed by atoms with Gasteiger partial charge in [0.25, 0.3) is 0 Å². The first-order chi connectivity index (χ1) is 41.1. The maximum absolute atomic E-state index is 14.1.